The van der Waals surface area contributed by atoms with Crippen LogP contribution < -0.4 is 0 Å². The van der Waals surface area contributed by atoms with Gasteiger partial charge in [0.25, 0.3) is 0 Å². The van der Waals surface area contributed by atoms with Gasteiger partial charge in [-0.1, -0.05) is 34.6 Å². The summed E-state index contributed by atoms with van der Waals surface area (Å²) in [5.41, 5.74) is -4.67. The summed E-state index contributed by atoms with van der Waals surface area (Å²) in [4.78, 5) is 14.3. The highest BCUT2D eigenvalue weighted by Gasteiger charge is 2.86. The van der Waals surface area contributed by atoms with Crippen LogP contribution >= 0.6 is 0 Å². The van der Waals surface area contributed by atoms with Crippen LogP contribution in [-0.4, -0.2) is 172 Å². The minimum atomic E-state index is -1.80. The fraction of sp³-hybridized carbons (Fsp3) is 0.977. The molecular weight excluding hydrogens is 788 g/mol. The predicted octanol–water partition coefficient (Wildman–Crippen LogP) is -1.33. The van der Waals surface area contributed by atoms with Crippen molar-refractivity contribution >= 4 is 5.97 Å². The molecule has 5 aliphatic carbocycles. The van der Waals surface area contributed by atoms with E-state index in [4.69, 9.17) is 18.9 Å². The largest absolute Gasteiger partial charge is 0.432 e. The molecule has 0 aromatic rings. The molecule has 7 fully saturated rings. The standard InChI is InChI=1S/C43H72O17/c1-19(2)42(56,18-57-35-33(53)31(51)29(49)22(15-44)58-35)10-9-20(3)28-21(46)14-39(5)24-7-8-25-40(6,37(55)60-36-34(54)32(52)30(50)23(16-45)59-36)26(47)13-27(48)43(25)17-41(24,43)12-11-38(28,39)4/h19-36,44-54,56H,7-18H2,1-6H3/t20-,21+,22-,23-,24+,25-,26+,27+,28+,29-,30-,31+,32+,33-,34-,35-,36+,38-,39+,40+,41+,42+,43-/m1/s1. The molecule has 17 nitrogen and oxygen atoms in total. The number of carbonyl (C=O) groups excluding carboxylic acids is 1. The zero-order valence-electron chi connectivity index (χ0n) is 35.8. The Kier molecular flexibility index (Phi) is 12.6. The van der Waals surface area contributed by atoms with Crippen molar-refractivity contribution in [2.45, 2.75) is 185 Å². The maximum Gasteiger partial charge on any atom is 0.317 e. The number of esters is 1. The minimum Gasteiger partial charge on any atom is -0.432 e. The van der Waals surface area contributed by atoms with Gasteiger partial charge < -0.3 is 80.2 Å². The van der Waals surface area contributed by atoms with Crippen LogP contribution in [0.15, 0.2) is 0 Å². The lowest BCUT2D eigenvalue weighted by atomic mass is 9.41. The second-order valence-corrected chi connectivity index (χ2v) is 21.1. The fourth-order valence-electron chi connectivity index (χ4n) is 14.5. The van der Waals surface area contributed by atoms with E-state index in [-0.39, 0.29) is 52.9 Å². The number of aliphatic hydroxyl groups is 12. The molecule has 0 aromatic carbocycles. The number of hydrogen-bond acceptors (Lipinski definition) is 17. The van der Waals surface area contributed by atoms with Crippen LogP contribution in [0.4, 0.5) is 0 Å². The van der Waals surface area contributed by atoms with Gasteiger partial charge in [-0.05, 0) is 104 Å². The van der Waals surface area contributed by atoms with Crippen molar-refractivity contribution in [2.75, 3.05) is 19.8 Å². The molecular formula is C43H72O17. The van der Waals surface area contributed by atoms with Crippen LogP contribution in [0.1, 0.15) is 99.3 Å². The van der Waals surface area contributed by atoms with E-state index in [0.717, 1.165) is 12.8 Å². The van der Waals surface area contributed by atoms with E-state index in [1.54, 1.807) is 6.92 Å². The quantitative estimate of drug-likeness (QED) is 0.101. The molecule has 346 valence electrons. The van der Waals surface area contributed by atoms with E-state index in [1.165, 1.54) is 0 Å². The van der Waals surface area contributed by atoms with Crippen LogP contribution in [0.3, 0.4) is 0 Å². The Hall–Kier alpha value is -1.13. The number of aliphatic hydroxyl groups excluding tert-OH is 11. The van der Waals surface area contributed by atoms with Crippen LogP contribution in [0.5, 0.6) is 0 Å². The van der Waals surface area contributed by atoms with Gasteiger partial charge in [-0.25, -0.2) is 0 Å². The van der Waals surface area contributed by atoms with Gasteiger partial charge in [0, 0.05) is 11.8 Å². The second-order valence-electron chi connectivity index (χ2n) is 21.1. The van der Waals surface area contributed by atoms with Crippen molar-refractivity contribution in [3.05, 3.63) is 0 Å². The molecule has 2 saturated heterocycles. The summed E-state index contributed by atoms with van der Waals surface area (Å²) in [6.45, 7) is 10.4. The highest BCUT2D eigenvalue weighted by molar-refractivity contribution is 5.78. The van der Waals surface area contributed by atoms with Gasteiger partial charge in [-0.3, -0.25) is 4.79 Å². The van der Waals surface area contributed by atoms with E-state index in [0.29, 0.717) is 38.5 Å². The first-order valence-corrected chi connectivity index (χ1v) is 22.2. The van der Waals surface area contributed by atoms with Crippen molar-refractivity contribution in [3.8, 4) is 0 Å². The summed E-state index contributed by atoms with van der Waals surface area (Å²) in [5.74, 6) is -1.73. The zero-order valence-corrected chi connectivity index (χ0v) is 35.8. The van der Waals surface area contributed by atoms with Crippen molar-refractivity contribution in [3.63, 3.8) is 0 Å². The van der Waals surface area contributed by atoms with Crippen LogP contribution in [-0.2, 0) is 23.7 Å². The van der Waals surface area contributed by atoms with Crippen LogP contribution in [0.2, 0.25) is 0 Å². The number of fused-ring (bicyclic) bond motifs is 2. The van der Waals surface area contributed by atoms with E-state index < -0.39 is 121 Å². The molecule has 0 unspecified atom stereocenters. The van der Waals surface area contributed by atoms with Gasteiger partial charge in [0.1, 0.15) is 48.8 Å². The lowest BCUT2D eigenvalue weighted by Crippen LogP contribution is -2.65. The van der Waals surface area contributed by atoms with Gasteiger partial charge in [0.2, 0.25) is 6.29 Å². The highest BCUT2D eigenvalue weighted by atomic mass is 16.7. The zero-order chi connectivity index (χ0) is 44.3. The average molecular weight is 861 g/mol. The highest BCUT2D eigenvalue weighted by Crippen LogP contribution is 2.89. The lowest BCUT2D eigenvalue weighted by molar-refractivity contribution is -0.310. The van der Waals surface area contributed by atoms with Crippen molar-refractivity contribution < 1.29 is 85.0 Å². The van der Waals surface area contributed by atoms with E-state index in [1.807, 2.05) is 13.8 Å². The van der Waals surface area contributed by atoms with Crippen molar-refractivity contribution in [1.29, 1.82) is 0 Å². The number of ether oxygens (including phenoxy) is 4. The second kappa shape index (κ2) is 16.1. The summed E-state index contributed by atoms with van der Waals surface area (Å²) >= 11 is 0. The Bertz CT molecular complexity index is 1570. The third-order valence-electron chi connectivity index (χ3n) is 18.4. The Labute approximate surface area is 351 Å². The van der Waals surface area contributed by atoms with Gasteiger partial charge >= 0.3 is 5.97 Å². The first kappa shape index (κ1) is 46.9. The van der Waals surface area contributed by atoms with Gasteiger partial charge in [-0.2, -0.15) is 0 Å². The molecule has 0 bridgehead atoms. The van der Waals surface area contributed by atoms with Gasteiger partial charge in [-0.15, -0.1) is 0 Å². The van der Waals surface area contributed by atoms with Crippen LogP contribution in [0.25, 0.3) is 0 Å². The molecule has 2 heterocycles. The molecule has 0 amide bonds. The Balaban J connectivity index is 1.07. The molecule has 60 heavy (non-hydrogen) atoms. The molecule has 12 N–H and O–H groups in total. The summed E-state index contributed by atoms with van der Waals surface area (Å²) < 4.78 is 22.5. The monoisotopic (exact) mass is 860 g/mol. The first-order valence-electron chi connectivity index (χ1n) is 22.2. The summed E-state index contributed by atoms with van der Waals surface area (Å²) in [5, 5.41) is 129. The summed E-state index contributed by atoms with van der Waals surface area (Å²) in [7, 11) is 0. The first-order chi connectivity index (χ1) is 27.9. The van der Waals surface area contributed by atoms with E-state index in [2.05, 4.69) is 20.8 Å². The van der Waals surface area contributed by atoms with Crippen molar-refractivity contribution in [1.82, 2.24) is 0 Å². The van der Waals surface area contributed by atoms with Crippen molar-refractivity contribution in [2.24, 2.45) is 56.7 Å². The average Bonchev–Trinajstić information content (AvgIpc) is 3.84. The van der Waals surface area contributed by atoms with Gasteiger partial charge in [0.05, 0.1) is 49.1 Å². The number of carbonyl (C=O) groups is 1. The summed E-state index contributed by atoms with van der Waals surface area (Å²) in [6.07, 6.45) is -13.7. The summed E-state index contributed by atoms with van der Waals surface area (Å²) in [6, 6.07) is 0. The Morgan fingerprint density at radius 2 is 1.32 bits per heavy atom. The number of hydrogen-bond donors (Lipinski definition) is 12. The topological polar surface area (TPSA) is 297 Å². The van der Waals surface area contributed by atoms with Gasteiger partial charge in [0.15, 0.2) is 6.29 Å². The lowest BCUT2D eigenvalue weighted by Gasteiger charge is -2.63. The molecule has 23 atom stereocenters. The van der Waals surface area contributed by atoms with E-state index >= 15 is 0 Å². The minimum absolute atomic E-state index is 0.0428. The predicted molar refractivity (Wildman–Crippen MR) is 208 cm³/mol. The van der Waals surface area contributed by atoms with Crippen LogP contribution in [0, 0.1) is 56.7 Å². The smallest absolute Gasteiger partial charge is 0.317 e. The molecule has 2 aliphatic heterocycles. The molecule has 0 radical (unpaired) electrons. The maximum atomic E-state index is 14.3. The molecule has 17 heteroatoms. The molecule has 7 rings (SSSR count). The Morgan fingerprint density at radius 3 is 1.90 bits per heavy atom. The number of rotatable bonds is 12. The molecule has 5 saturated carbocycles. The molecule has 0 aromatic heterocycles. The normalized spacial score (nSPS) is 53.9. The molecule has 2 spiro atoms. The molecule has 7 aliphatic rings. The Morgan fingerprint density at radius 1 is 0.750 bits per heavy atom. The maximum absolute atomic E-state index is 14.3. The third-order valence-corrected chi connectivity index (χ3v) is 18.4. The third kappa shape index (κ3) is 6.61. The van der Waals surface area contributed by atoms with E-state index in [9.17, 15) is 66.1 Å². The SMILES string of the molecule is CC(C)[C@](O)(CC[C@@H](C)[C@H]1[C@@H](O)C[C@@]2(C)[C@@H]3CC[C@@H]4[C@](C)(C(=O)O[C@@H]5O[C@H](CO)[C@@H](O)[C@H](O)[C@H]5O)[C@@H](O)C[C@H](O)[C@@]45C[C@@]35CC[C@]12C)CO[C@@H]1O[C@H](CO)[C@@H](O)[C@H](O)[C@H]1O. The fourth-order valence-corrected chi connectivity index (χ4v) is 14.5.